The number of fused-ring (bicyclic) bond motifs is 1. The summed E-state index contributed by atoms with van der Waals surface area (Å²) >= 11 is 1.55. The highest BCUT2D eigenvalue weighted by molar-refractivity contribution is 7.13. The molecule has 1 saturated carbocycles. The van der Waals surface area contributed by atoms with E-state index in [-0.39, 0.29) is 18.5 Å². The lowest BCUT2D eigenvalue weighted by atomic mass is 10.1. The lowest BCUT2D eigenvalue weighted by molar-refractivity contribution is -0.143. The van der Waals surface area contributed by atoms with Crippen LogP contribution in [-0.2, 0) is 4.79 Å². The van der Waals surface area contributed by atoms with Gasteiger partial charge in [-0.05, 0) is 44.2 Å². The highest BCUT2D eigenvalue weighted by Crippen LogP contribution is 2.45. The Kier molecular flexibility index (Phi) is 4.22. The van der Waals surface area contributed by atoms with Crippen LogP contribution >= 0.6 is 11.3 Å². The minimum Gasteiger partial charge on any atom is -0.481 e. The molecule has 0 bridgehead atoms. The number of hydrogen-bond acceptors (Lipinski definition) is 5. The topological polar surface area (TPSA) is 97.1 Å². The van der Waals surface area contributed by atoms with Gasteiger partial charge < -0.3 is 10.4 Å². The predicted octanol–water partition coefficient (Wildman–Crippen LogP) is 3.34. The first kappa shape index (κ1) is 17.7. The second-order valence-corrected chi connectivity index (χ2v) is 8.17. The standard InChI is InChI=1S/C19H20N4O3S/c1-11(2)23-16-13(9-21-23)12(8-14(22-16)15-4-3-7-27-15)17(24)20-10-19(5-6-19)18(25)26/h3-4,7-9,11H,5-6,10H2,1-2H3,(H,20,24)(H,25,26). The number of aromatic nitrogens is 3. The summed E-state index contributed by atoms with van der Waals surface area (Å²) in [4.78, 5) is 29.9. The van der Waals surface area contributed by atoms with E-state index in [1.165, 1.54) is 0 Å². The largest absolute Gasteiger partial charge is 0.481 e. The molecule has 3 aromatic heterocycles. The van der Waals surface area contributed by atoms with Crippen LogP contribution in [0.5, 0.6) is 0 Å². The van der Waals surface area contributed by atoms with Crippen LogP contribution in [0.4, 0.5) is 0 Å². The van der Waals surface area contributed by atoms with Gasteiger partial charge in [-0.1, -0.05) is 6.07 Å². The van der Waals surface area contributed by atoms with Crippen LogP contribution < -0.4 is 5.32 Å². The molecule has 0 saturated heterocycles. The van der Waals surface area contributed by atoms with Gasteiger partial charge in [0.05, 0.1) is 33.1 Å². The Bertz CT molecular complexity index is 1020. The molecule has 1 aliphatic rings. The molecule has 8 heteroatoms. The maximum Gasteiger partial charge on any atom is 0.311 e. The molecule has 3 aromatic rings. The number of amides is 1. The molecule has 4 rings (SSSR count). The van der Waals surface area contributed by atoms with Crippen LogP contribution in [0, 0.1) is 5.41 Å². The molecule has 0 spiro atoms. The average molecular weight is 384 g/mol. The third-order valence-corrected chi connectivity index (χ3v) is 5.86. The predicted molar refractivity (Wildman–Crippen MR) is 103 cm³/mol. The minimum atomic E-state index is -0.852. The van der Waals surface area contributed by atoms with E-state index >= 15 is 0 Å². The fourth-order valence-electron chi connectivity index (χ4n) is 3.10. The smallest absolute Gasteiger partial charge is 0.311 e. The van der Waals surface area contributed by atoms with Crippen LogP contribution in [-0.4, -0.2) is 38.3 Å². The molecule has 1 amide bonds. The molecule has 0 aromatic carbocycles. The van der Waals surface area contributed by atoms with Gasteiger partial charge in [0, 0.05) is 12.6 Å². The van der Waals surface area contributed by atoms with Gasteiger partial charge in [0.15, 0.2) is 5.65 Å². The van der Waals surface area contributed by atoms with E-state index in [2.05, 4.69) is 10.4 Å². The molecule has 27 heavy (non-hydrogen) atoms. The van der Waals surface area contributed by atoms with Crippen molar-refractivity contribution in [1.29, 1.82) is 0 Å². The van der Waals surface area contributed by atoms with Gasteiger partial charge in [-0.3, -0.25) is 9.59 Å². The van der Waals surface area contributed by atoms with Gasteiger partial charge in [0.2, 0.25) is 0 Å². The van der Waals surface area contributed by atoms with Gasteiger partial charge in [0.25, 0.3) is 5.91 Å². The summed E-state index contributed by atoms with van der Waals surface area (Å²) in [7, 11) is 0. The molecule has 0 unspecified atom stereocenters. The molecular formula is C19H20N4O3S. The number of pyridine rings is 1. The Hall–Kier alpha value is -2.74. The van der Waals surface area contributed by atoms with Crippen molar-refractivity contribution in [3.63, 3.8) is 0 Å². The first-order valence-electron chi connectivity index (χ1n) is 8.85. The van der Waals surface area contributed by atoms with Gasteiger partial charge >= 0.3 is 5.97 Å². The summed E-state index contributed by atoms with van der Waals surface area (Å²) in [6.07, 6.45) is 2.85. The van der Waals surface area contributed by atoms with E-state index in [0.29, 0.717) is 35.1 Å². The van der Waals surface area contributed by atoms with Crippen LogP contribution in [0.15, 0.2) is 29.8 Å². The van der Waals surface area contributed by atoms with Gasteiger partial charge in [-0.15, -0.1) is 11.3 Å². The summed E-state index contributed by atoms with van der Waals surface area (Å²) in [5, 5.41) is 19.1. The van der Waals surface area contributed by atoms with Crippen molar-refractivity contribution in [1.82, 2.24) is 20.1 Å². The van der Waals surface area contributed by atoms with Crippen molar-refractivity contribution in [2.45, 2.75) is 32.7 Å². The van der Waals surface area contributed by atoms with Gasteiger partial charge in [-0.2, -0.15) is 5.10 Å². The van der Waals surface area contributed by atoms with E-state index in [1.54, 1.807) is 28.3 Å². The second-order valence-electron chi connectivity index (χ2n) is 7.22. The first-order chi connectivity index (χ1) is 12.9. The lowest BCUT2D eigenvalue weighted by Gasteiger charge is -2.13. The molecule has 1 fully saturated rings. The van der Waals surface area contributed by atoms with Crippen LogP contribution in [0.2, 0.25) is 0 Å². The lowest BCUT2D eigenvalue weighted by Crippen LogP contribution is -2.34. The van der Waals surface area contributed by atoms with E-state index in [9.17, 15) is 14.7 Å². The Morgan fingerprint density at radius 3 is 2.78 bits per heavy atom. The number of carbonyl (C=O) groups excluding carboxylic acids is 1. The van der Waals surface area contributed by atoms with E-state index in [4.69, 9.17) is 4.98 Å². The number of nitrogens with zero attached hydrogens (tertiary/aromatic N) is 3. The fraction of sp³-hybridized carbons (Fsp3) is 0.368. The van der Waals surface area contributed by atoms with Crippen molar-refractivity contribution in [3.05, 3.63) is 35.3 Å². The quantitative estimate of drug-likeness (QED) is 0.679. The number of carboxylic acids is 1. The molecule has 0 aliphatic heterocycles. The molecule has 0 atom stereocenters. The molecule has 0 radical (unpaired) electrons. The maximum absolute atomic E-state index is 12.9. The average Bonchev–Trinajstić information content (AvgIpc) is 3.06. The van der Waals surface area contributed by atoms with E-state index in [0.717, 1.165) is 4.88 Å². The molecule has 1 aliphatic carbocycles. The van der Waals surface area contributed by atoms with Crippen molar-refractivity contribution in [3.8, 4) is 10.6 Å². The van der Waals surface area contributed by atoms with Crippen molar-refractivity contribution < 1.29 is 14.7 Å². The van der Waals surface area contributed by atoms with Crippen molar-refractivity contribution in [2.75, 3.05) is 6.54 Å². The summed E-state index contributed by atoms with van der Waals surface area (Å²) in [5.41, 5.74) is 1.03. The highest BCUT2D eigenvalue weighted by Gasteiger charge is 2.50. The van der Waals surface area contributed by atoms with Crippen molar-refractivity contribution in [2.24, 2.45) is 5.41 Å². The van der Waals surface area contributed by atoms with Crippen LogP contribution in [0.25, 0.3) is 21.6 Å². The highest BCUT2D eigenvalue weighted by atomic mass is 32.1. The van der Waals surface area contributed by atoms with Gasteiger partial charge in [0.1, 0.15) is 0 Å². The van der Waals surface area contributed by atoms with Crippen molar-refractivity contribution >= 4 is 34.2 Å². The minimum absolute atomic E-state index is 0.103. The normalized spacial score (nSPS) is 15.2. The monoisotopic (exact) mass is 384 g/mol. The zero-order chi connectivity index (χ0) is 19.2. The summed E-state index contributed by atoms with van der Waals surface area (Å²) < 4.78 is 1.79. The Balaban J connectivity index is 1.74. The zero-order valence-electron chi connectivity index (χ0n) is 15.1. The third-order valence-electron chi connectivity index (χ3n) is 4.97. The third kappa shape index (κ3) is 3.10. The number of aliphatic carboxylic acids is 1. The molecule has 7 nitrogen and oxygen atoms in total. The van der Waals surface area contributed by atoms with Crippen LogP contribution in [0.1, 0.15) is 43.1 Å². The first-order valence-corrected chi connectivity index (χ1v) is 9.73. The SMILES string of the molecule is CC(C)n1ncc2c(C(=O)NCC3(C(=O)O)CC3)cc(-c3cccs3)nc21. The second kappa shape index (κ2) is 6.45. The zero-order valence-corrected chi connectivity index (χ0v) is 15.9. The van der Waals surface area contributed by atoms with E-state index < -0.39 is 11.4 Å². The number of nitrogens with one attached hydrogen (secondary N) is 1. The number of carboxylic acid groups (broad SMARTS) is 1. The van der Waals surface area contributed by atoms with E-state index in [1.807, 2.05) is 31.4 Å². The number of hydrogen-bond donors (Lipinski definition) is 2. The molecule has 140 valence electrons. The summed E-state index contributed by atoms with van der Waals surface area (Å²) in [5.74, 6) is -1.15. The summed E-state index contributed by atoms with van der Waals surface area (Å²) in [6.45, 7) is 4.16. The Morgan fingerprint density at radius 1 is 1.41 bits per heavy atom. The fourth-order valence-corrected chi connectivity index (χ4v) is 3.78. The number of thiophene rings is 1. The van der Waals surface area contributed by atoms with Crippen LogP contribution in [0.3, 0.4) is 0 Å². The molecule has 2 N–H and O–H groups in total. The number of rotatable bonds is 6. The Labute approximate surface area is 160 Å². The summed E-state index contributed by atoms with van der Waals surface area (Å²) in [6, 6.07) is 5.76. The number of carbonyl (C=O) groups is 2. The Morgan fingerprint density at radius 2 is 2.19 bits per heavy atom. The van der Waals surface area contributed by atoms with Gasteiger partial charge in [-0.25, -0.2) is 9.67 Å². The molecule has 3 heterocycles. The molecular weight excluding hydrogens is 364 g/mol. The maximum atomic E-state index is 12.9.